The first-order chi connectivity index (χ1) is 8.15. The molecule has 0 saturated carbocycles. The van der Waals surface area contributed by atoms with Crippen molar-refractivity contribution in [2.45, 2.75) is 25.7 Å². The van der Waals surface area contributed by atoms with Crippen LogP contribution < -0.4 is 10.1 Å². The fraction of sp³-hybridized carbons (Fsp3) is 0.538. The van der Waals surface area contributed by atoms with Crippen molar-refractivity contribution >= 4 is 11.6 Å². The molecule has 1 heterocycles. The van der Waals surface area contributed by atoms with Gasteiger partial charge in [-0.25, -0.2) is 0 Å². The number of phenolic OH excluding ortho intramolecular Hbond substituents is 1. The van der Waals surface area contributed by atoms with E-state index >= 15 is 0 Å². The number of aromatic hydroxyl groups is 1. The van der Waals surface area contributed by atoms with Crippen molar-refractivity contribution in [3.8, 4) is 11.5 Å². The molecule has 3 nitrogen and oxygen atoms in total. The van der Waals surface area contributed by atoms with E-state index in [0.29, 0.717) is 16.7 Å². The van der Waals surface area contributed by atoms with Crippen molar-refractivity contribution in [2.75, 3.05) is 20.2 Å². The second kappa shape index (κ2) is 5.15. The van der Waals surface area contributed by atoms with E-state index in [4.69, 9.17) is 16.3 Å². The van der Waals surface area contributed by atoms with E-state index in [1.165, 1.54) is 0 Å². The van der Waals surface area contributed by atoms with Crippen molar-refractivity contribution in [3.05, 3.63) is 22.2 Å². The average molecular weight is 256 g/mol. The Hall–Kier alpha value is -0.930. The van der Waals surface area contributed by atoms with E-state index in [2.05, 4.69) is 5.32 Å². The third-order valence-electron chi connectivity index (χ3n) is 3.43. The molecular weight excluding hydrogens is 238 g/mol. The molecule has 0 aliphatic carbocycles. The first-order valence-corrected chi connectivity index (χ1v) is 6.29. The van der Waals surface area contributed by atoms with Crippen molar-refractivity contribution in [1.29, 1.82) is 0 Å². The van der Waals surface area contributed by atoms with Gasteiger partial charge in [0.05, 0.1) is 7.11 Å². The quantitative estimate of drug-likeness (QED) is 0.854. The molecule has 0 spiro atoms. The number of piperidine rings is 1. The van der Waals surface area contributed by atoms with Crippen molar-refractivity contribution in [3.63, 3.8) is 0 Å². The van der Waals surface area contributed by atoms with Gasteiger partial charge >= 0.3 is 0 Å². The Bertz CT molecular complexity index is 414. The predicted molar refractivity (Wildman–Crippen MR) is 69.3 cm³/mol. The Morgan fingerprint density at radius 1 is 1.53 bits per heavy atom. The van der Waals surface area contributed by atoms with Crippen LogP contribution in [0.1, 0.15) is 29.9 Å². The number of halogens is 1. The number of hydrogen-bond donors (Lipinski definition) is 2. The standard InChI is InChI=1S/C13H18ClNO2/c1-8-10(14)6-11(17-2)13(16)12(8)9-4-3-5-15-7-9/h6,9,15-16H,3-5,7H2,1-2H3. The van der Waals surface area contributed by atoms with Gasteiger partial charge in [-0.05, 0) is 31.9 Å². The third kappa shape index (κ3) is 2.35. The highest BCUT2D eigenvalue weighted by Crippen LogP contribution is 2.42. The van der Waals surface area contributed by atoms with Crippen LogP contribution in [-0.4, -0.2) is 25.3 Å². The van der Waals surface area contributed by atoms with E-state index < -0.39 is 0 Å². The first kappa shape index (κ1) is 12.5. The lowest BCUT2D eigenvalue weighted by atomic mass is 9.88. The van der Waals surface area contributed by atoms with E-state index in [-0.39, 0.29) is 5.75 Å². The van der Waals surface area contributed by atoms with Crippen molar-refractivity contribution < 1.29 is 9.84 Å². The van der Waals surface area contributed by atoms with Gasteiger partial charge in [0.25, 0.3) is 0 Å². The summed E-state index contributed by atoms with van der Waals surface area (Å²) in [6.07, 6.45) is 2.20. The SMILES string of the molecule is COc1cc(Cl)c(C)c(C2CCCNC2)c1O. The minimum absolute atomic E-state index is 0.239. The van der Waals surface area contributed by atoms with E-state index in [1.54, 1.807) is 13.2 Å². The molecule has 4 heteroatoms. The zero-order valence-electron chi connectivity index (χ0n) is 10.2. The molecular formula is C13H18ClNO2. The fourth-order valence-electron chi connectivity index (χ4n) is 2.48. The summed E-state index contributed by atoms with van der Waals surface area (Å²) < 4.78 is 5.16. The summed E-state index contributed by atoms with van der Waals surface area (Å²) in [4.78, 5) is 0. The highest BCUT2D eigenvalue weighted by Gasteiger charge is 2.24. The largest absolute Gasteiger partial charge is 0.504 e. The maximum absolute atomic E-state index is 10.2. The monoisotopic (exact) mass is 255 g/mol. The normalized spacial score (nSPS) is 20.3. The molecule has 1 aromatic rings. The lowest BCUT2D eigenvalue weighted by molar-refractivity contribution is 0.362. The minimum Gasteiger partial charge on any atom is -0.504 e. The lowest BCUT2D eigenvalue weighted by Crippen LogP contribution is -2.28. The number of rotatable bonds is 2. The smallest absolute Gasteiger partial charge is 0.162 e. The van der Waals surface area contributed by atoms with Gasteiger partial charge in [0.15, 0.2) is 11.5 Å². The van der Waals surface area contributed by atoms with Crippen LogP contribution in [0, 0.1) is 6.92 Å². The Labute approximate surface area is 107 Å². The molecule has 0 aromatic heterocycles. The molecule has 1 unspecified atom stereocenters. The molecule has 0 bridgehead atoms. The lowest BCUT2D eigenvalue weighted by Gasteiger charge is -2.26. The van der Waals surface area contributed by atoms with Gasteiger partial charge in [-0.2, -0.15) is 0 Å². The molecule has 1 fully saturated rings. The van der Waals surface area contributed by atoms with Crippen LogP contribution >= 0.6 is 11.6 Å². The van der Waals surface area contributed by atoms with Gasteiger partial charge in [-0.15, -0.1) is 0 Å². The molecule has 0 radical (unpaired) electrons. The Morgan fingerprint density at radius 2 is 2.29 bits per heavy atom. The molecule has 94 valence electrons. The Morgan fingerprint density at radius 3 is 2.88 bits per heavy atom. The molecule has 17 heavy (non-hydrogen) atoms. The Balaban J connectivity index is 2.46. The summed E-state index contributed by atoms with van der Waals surface area (Å²) in [5.74, 6) is 1.01. The van der Waals surface area contributed by atoms with Gasteiger partial charge in [-0.3, -0.25) is 0 Å². The van der Waals surface area contributed by atoms with Gasteiger partial charge in [0, 0.05) is 29.1 Å². The fourth-order valence-corrected chi connectivity index (χ4v) is 2.68. The molecule has 1 aliphatic rings. The van der Waals surface area contributed by atoms with E-state index in [9.17, 15) is 5.11 Å². The second-order valence-corrected chi connectivity index (χ2v) is 4.90. The number of methoxy groups -OCH3 is 1. The maximum atomic E-state index is 10.2. The number of nitrogens with one attached hydrogen (secondary N) is 1. The Kier molecular flexibility index (Phi) is 3.79. The molecule has 1 atom stereocenters. The van der Waals surface area contributed by atoms with Crippen molar-refractivity contribution in [2.24, 2.45) is 0 Å². The van der Waals surface area contributed by atoms with E-state index in [0.717, 1.165) is 37.1 Å². The van der Waals surface area contributed by atoms with Crippen LogP contribution in [0.15, 0.2) is 6.07 Å². The third-order valence-corrected chi connectivity index (χ3v) is 3.83. The summed E-state index contributed by atoms with van der Waals surface area (Å²) in [6, 6.07) is 1.67. The van der Waals surface area contributed by atoms with Crippen LogP contribution in [0.5, 0.6) is 11.5 Å². The topological polar surface area (TPSA) is 41.5 Å². The molecule has 1 saturated heterocycles. The highest BCUT2D eigenvalue weighted by atomic mass is 35.5. The zero-order valence-corrected chi connectivity index (χ0v) is 11.0. The summed E-state index contributed by atoms with van der Waals surface area (Å²) in [6.45, 7) is 3.89. The summed E-state index contributed by atoms with van der Waals surface area (Å²) >= 11 is 6.18. The number of ether oxygens (including phenoxy) is 1. The molecule has 0 amide bonds. The highest BCUT2D eigenvalue weighted by molar-refractivity contribution is 6.31. The van der Waals surface area contributed by atoms with Crippen LogP contribution in [0.25, 0.3) is 0 Å². The summed E-state index contributed by atoms with van der Waals surface area (Å²) in [5, 5.41) is 14.2. The average Bonchev–Trinajstić information content (AvgIpc) is 2.35. The van der Waals surface area contributed by atoms with Gasteiger partial charge in [-0.1, -0.05) is 11.6 Å². The molecule has 1 aromatic carbocycles. The van der Waals surface area contributed by atoms with Crippen LogP contribution in [-0.2, 0) is 0 Å². The van der Waals surface area contributed by atoms with E-state index in [1.807, 2.05) is 6.92 Å². The second-order valence-electron chi connectivity index (χ2n) is 4.49. The molecule has 2 rings (SSSR count). The first-order valence-electron chi connectivity index (χ1n) is 5.91. The minimum atomic E-state index is 0.239. The zero-order chi connectivity index (χ0) is 12.4. The number of hydrogen-bond acceptors (Lipinski definition) is 3. The van der Waals surface area contributed by atoms with Crippen LogP contribution in [0.4, 0.5) is 0 Å². The van der Waals surface area contributed by atoms with Gasteiger partial charge in [0.2, 0.25) is 0 Å². The van der Waals surface area contributed by atoms with Crippen molar-refractivity contribution in [1.82, 2.24) is 5.32 Å². The van der Waals surface area contributed by atoms with Crippen LogP contribution in [0.3, 0.4) is 0 Å². The maximum Gasteiger partial charge on any atom is 0.162 e. The summed E-state index contributed by atoms with van der Waals surface area (Å²) in [7, 11) is 1.55. The number of phenols is 1. The van der Waals surface area contributed by atoms with Crippen LogP contribution in [0.2, 0.25) is 5.02 Å². The predicted octanol–water partition coefficient (Wildman–Crippen LogP) is 2.83. The van der Waals surface area contributed by atoms with Gasteiger partial charge < -0.3 is 15.2 Å². The molecule has 1 aliphatic heterocycles. The number of benzene rings is 1. The molecule has 2 N–H and O–H groups in total. The van der Waals surface area contributed by atoms with Gasteiger partial charge in [0.1, 0.15) is 0 Å². The summed E-state index contributed by atoms with van der Waals surface area (Å²) in [5.41, 5.74) is 1.89.